The fourth-order valence-electron chi connectivity index (χ4n) is 3.36. The van der Waals surface area contributed by atoms with Crippen molar-refractivity contribution in [1.82, 2.24) is 0 Å². The van der Waals surface area contributed by atoms with Gasteiger partial charge in [0.2, 0.25) is 0 Å². The first-order valence-electron chi connectivity index (χ1n) is 8.90. The van der Waals surface area contributed by atoms with Crippen LogP contribution in [0.4, 0.5) is 0 Å². The van der Waals surface area contributed by atoms with Crippen molar-refractivity contribution in [2.45, 2.75) is 64.7 Å². The molecule has 116 valence electrons. The van der Waals surface area contributed by atoms with Crippen molar-refractivity contribution in [1.29, 1.82) is 0 Å². The molecule has 1 unspecified atom stereocenters. The third-order valence-electron chi connectivity index (χ3n) is 4.80. The van der Waals surface area contributed by atoms with Crippen LogP contribution in [-0.4, -0.2) is 12.8 Å². The summed E-state index contributed by atoms with van der Waals surface area (Å²) in [7, 11) is -0.961. The summed E-state index contributed by atoms with van der Waals surface area (Å²) in [6, 6.07) is 9.00. The molecule has 1 aromatic rings. The summed E-state index contributed by atoms with van der Waals surface area (Å²) in [5, 5.41) is 1.64. The van der Waals surface area contributed by atoms with Gasteiger partial charge in [-0.2, -0.15) is 0 Å². The van der Waals surface area contributed by atoms with Crippen LogP contribution in [0, 0.1) is 0 Å². The molecule has 1 aliphatic heterocycles. The lowest BCUT2D eigenvalue weighted by Crippen LogP contribution is -2.10. The Morgan fingerprint density at radius 3 is 2.14 bits per heavy atom. The van der Waals surface area contributed by atoms with Crippen LogP contribution in [-0.2, 0) is 0 Å². The molecular weight excluding hydrogens is 271 g/mol. The number of fused-ring (bicyclic) bond motifs is 1. The molecule has 0 N–H and O–H groups in total. The molecule has 0 bridgehead atoms. The molecule has 1 atom stereocenters. The Labute approximate surface area is 132 Å². The molecule has 0 amide bonds. The van der Waals surface area contributed by atoms with Crippen molar-refractivity contribution in [3.05, 3.63) is 35.6 Å². The van der Waals surface area contributed by atoms with E-state index >= 15 is 0 Å². The minimum atomic E-state index is -0.961. The zero-order valence-corrected chi connectivity index (χ0v) is 14.9. The van der Waals surface area contributed by atoms with E-state index in [1.165, 1.54) is 69.5 Å². The molecule has 0 aromatic heterocycles. The third kappa shape index (κ3) is 4.96. The van der Waals surface area contributed by atoms with Crippen molar-refractivity contribution in [2.24, 2.45) is 0 Å². The average molecular weight is 303 g/mol. The molecule has 0 saturated carbocycles. The van der Waals surface area contributed by atoms with E-state index in [0.29, 0.717) is 0 Å². The van der Waals surface area contributed by atoms with E-state index < -0.39 is 7.26 Å². The number of benzene rings is 1. The molecule has 0 aliphatic carbocycles. The van der Waals surface area contributed by atoms with Crippen LogP contribution in [0.3, 0.4) is 0 Å². The smallest absolute Gasteiger partial charge is 0.0654 e. The Bertz CT molecular complexity index is 449. The SMILES string of the molecule is CCCCCCCCCCC[P+]1(C)C=Cc2ccccc21. The lowest BCUT2D eigenvalue weighted by molar-refractivity contribution is 0.573. The first kappa shape index (κ1) is 16.8. The summed E-state index contributed by atoms with van der Waals surface area (Å²) in [5.41, 5.74) is 1.48. The van der Waals surface area contributed by atoms with Crippen LogP contribution in [0.25, 0.3) is 6.08 Å². The number of hydrogen-bond donors (Lipinski definition) is 0. The summed E-state index contributed by atoms with van der Waals surface area (Å²) in [6.45, 7) is 4.80. The van der Waals surface area contributed by atoms with Crippen LogP contribution >= 0.6 is 7.26 Å². The van der Waals surface area contributed by atoms with Gasteiger partial charge in [0.1, 0.15) is 5.30 Å². The quantitative estimate of drug-likeness (QED) is 0.343. The summed E-state index contributed by atoms with van der Waals surface area (Å²) in [6.07, 6.45) is 16.6. The Balaban J connectivity index is 1.60. The molecule has 0 nitrogen and oxygen atoms in total. The van der Waals surface area contributed by atoms with Crippen LogP contribution in [0.15, 0.2) is 30.1 Å². The number of unbranched alkanes of at least 4 members (excludes halogenated alkanes) is 8. The van der Waals surface area contributed by atoms with Gasteiger partial charge in [-0.15, -0.1) is 0 Å². The summed E-state index contributed by atoms with van der Waals surface area (Å²) >= 11 is 0. The lowest BCUT2D eigenvalue weighted by Gasteiger charge is -2.16. The van der Waals surface area contributed by atoms with Crippen LogP contribution in [0.2, 0.25) is 0 Å². The number of rotatable bonds is 10. The van der Waals surface area contributed by atoms with E-state index in [4.69, 9.17) is 0 Å². The Hall–Kier alpha value is -0.610. The van der Waals surface area contributed by atoms with E-state index in [2.05, 4.69) is 49.7 Å². The highest BCUT2D eigenvalue weighted by Crippen LogP contribution is 2.60. The lowest BCUT2D eigenvalue weighted by atomic mass is 10.1. The second-order valence-corrected chi connectivity index (χ2v) is 10.5. The van der Waals surface area contributed by atoms with Crippen molar-refractivity contribution < 1.29 is 0 Å². The topological polar surface area (TPSA) is 0 Å². The molecule has 1 heterocycles. The average Bonchev–Trinajstić information content (AvgIpc) is 2.84. The van der Waals surface area contributed by atoms with Crippen LogP contribution in [0.1, 0.15) is 70.3 Å². The maximum Gasteiger partial charge on any atom is 0.105 e. The van der Waals surface area contributed by atoms with Crippen molar-refractivity contribution >= 4 is 18.6 Å². The molecule has 0 saturated heterocycles. The van der Waals surface area contributed by atoms with Gasteiger partial charge in [0.25, 0.3) is 0 Å². The van der Waals surface area contributed by atoms with Gasteiger partial charge >= 0.3 is 0 Å². The van der Waals surface area contributed by atoms with Gasteiger partial charge in [0.05, 0.1) is 25.9 Å². The van der Waals surface area contributed by atoms with E-state index in [1.54, 1.807) is 5.30 Å². The summed E-state index contributed by atoms with van der Waals surface area (Å²) < 4.78 is 0. The second-order valence-electron chi connectivity index (χ2n) is 6.69. The van der Waals surface area contributed by atoms with Gasteiger partial charge in [-0.25, -0.2) is 0 Å². The molecule has 0 spiro atoms. The van der Waals surface area contributed by atoms with Gasteiger partial charge in [-0.3, -0.25) is 0 Å². The van der Waals surface area contributed by atoms with E-state index in [-0.39, 0.29) is 0 Å². The maximum absolute atomic E-state index is 2.53. The van der Waals surface area contributed by atoms with Gasteiger partial charge < -0.3 is 0 Å². The Kier molecular flexibility index (Phi) is 6.97. The molecule has 0 radical (unpaired) electrons. The first-order chi connectivity index (χ1) is 10.3. The van der Waals surface area contributed by atoms with Crippen molar-refractivity contribution in [3.63, 3.8) is 0 Å². The standard InChI is InChI=1S/C20H32P/c1-3-4-5-6-7-8-9-10-13-17-21(2)18-16-19-14-11-12-15-20(19)21/h11-12,14-16,18H,3-10,13,17H2,1-2H3/q+1. The van der Waals surface area contributed by atoms with E-state index in [9.17, 15) is 0 Å². The summed E-state index contributed by atoms with van der Waals surface area (Å²) in [5.74, 6) is 2.53. The molecule has 0 fully saturated rings. The molecule has 1 heteroatoms. The first-order valence-corrected chi connectivity index (χ1v) is 11.4. The molecular formula is C20H32P+. The highest BCUT2D eigenvalue weighted by Gasteiger charge is 2.36. The van der Waals surface area contributed by atoms with Gasteiger partial charge in [-0.05, 0) is 25.0 Å². The van der Waals surface area contributed by atoms with Gasteiger partial charge in [-0.1, -0.05) is 70.1 Å². The predicted molar refractivity (Wildman–Crippen MR) is 100 cm³/mol. The largest absolute Gasteiger partial charge is 0.105 e. The molecule has 2 rings (SSSR count). The van der Waals surface area contributed by atoms with Crippen LogP contribution < -0.4 is 5.30 Å². The fraction of sp³-hybridized carbons (Fsp3) is 0.600. The normalized spacial score (nSPS) is 19.9. The monoisotopic (exact) mass is 303 g/mol. The van der Waals surface area contributed by atoms with Crippen molar-refractivity contribution in [2.75, 3.05) is 12.8 Å². The Morgan fingerprint density at radius 2 is 1.43 bits per heavy atom. The fourth-order valence-corrected chi connectivity index (χ4v) is 6.45. The highest BCUT2D eigenvalue weighted by molar-refractivity contribution is 7.85. The molecule has 1 aliphatic rings. The van der Waals surface area contributed by atoms with Crippen LogP contribution in [0.5, 0.6) is 0 Å². The third-order valence-corrected chi connectivity index (χ3v) is 8.36. The van der Waals surface area contributed by atoms with Crippen molar-refractivity contribution in [3.8, 4) is 0 Å². The minimum Gasteiger partial charge on any atom is -0.0654 e. The van der Waals surface area contributed by atoms with E-state index in [0.717, 1.165) is 0 Å². The van der Waals surface area contributed by atoms with E-state index in [1.807, 2.05) is 0 Å². The maximum atomic E-state index is 2.53. The minimum absolute atomic E-state index is 0.961. The summed E-state index contributed by atoms with van der Waals surface area (Å²) in [4.78, 5) is 0. The van der Waals surface area contributed by atoms with Gasteiger partial charge in [0, 0.05) is 5.56 Å². The predicted octanol–water partition coefficient (Wildman–Crippen LogP) is 6.47. The molecule has 1 aromatic carbocycles. The number of hydrogen-bond acceptors (Lipinski definition) is 0. The molecule has 21 heavy (non-hydrogen) atoms. The second kappa shape index (κ2) is 8.74. The zero-order chi connectivity index (χ0) is 15.0. The zero-order valence-electron chi connectivity index (χ0n) is 14.0. The highest BCUT2D eigenvalue weighted by atomic mass is 31.2. The van der Waals surface area contributed by atoms with Gasteiger partial charge in [0.15, 0.2) is 0 Å². The Morgan fingerprint density at radius 1 is 0.810 bits per heavy atom.